The lowest BCUT2D eigenvalue weighted by Crippen LogP contribution is -2.18. The first-order valence-corrected chi connectivity index (χ1v) is 5.79. The Morgan fingerprint density at radius 1 is 1.33 bits per heavy atom. The van der Waals surface area contributed by atoms with Crippen molar-refractivity contribution in [3.63, 3.8) is 0 Å². The van der Waals surface area contributed by atoms with Gasteiger partial charge in [0.1, 0.15) is 5.75 Å². The van der Waals surface area contributed by atoms with E-state index in [1.165, 1.54) is 6.21 Å². The first-order valence-electron chi connectivity index (χ1n) is 5.79. The molecule has 8 heteroatoms. The summed E-state index contributed by atoms with van der Waals surface area (Å²) in [6.07, 6.45) is 4.51. The van der Waals surface area contributed by atoms with E-state index in [1.54, 1.807) is 24.5 Å². The van der Waals surface area contributed by atoms with Gasteiger partial charge in [-0.05, 0) is 23.8 Å². The van der Waals surface area contributed by atoms with Crippen LogP contribution in [0.25, 0.3) is 0 Å². The molecule has 8 nitrogen and oxygen atoms in total. The third-order valence-corrected chi connectivity index (χ3v) is 2.52. The van der Waals surface area contributed by atoms with Crippen LogP contribution in [-0.2, 0) is 0 Å². The Bertz CT molecular complexity index is 701. The number of amides is 1. The molecular formula is C13H10N4O4. The van der Waals surface area contributed by atoms with Crippen LogP contribution in [0.15, 0.2) is 47.8 Å². The third kappa shape index (κ3) is 3.60. The predicted molar refractivity (Wildman–Crippen MR) is 74.1 cm³/mol. The Balaban J connectivity index is 2.12. The predicted octanol–water partition coefficient (Wildman–Crippen LogP) is 1.46. The first kappa shape index (κ1) is 14.1. The highest BCUT2D eigenvalue weighted by Crippen LogP contribution is 2.22. The number of nitro benzene ring substituents is 1. The zero-order chi connectivity index (χ0) is 15.2. The minimum atomic E-state index is -0.749. The largest absolute Gasteiger partial charge is 0.507 e. The number of carbonyl (C=O) groups excluding carboxylic acids is 1. The van der Waals surface area contributed by atoms with Crippen molar-refractivity contribution in [2.45, 2.75) is 0 Å². The molecule has 0 radical (unpaired) electrons. The summed E-state index contributed by atoms with van der Waals surface area (Å²) in [7, 11) is 0. The molecule has 0 bridgehead atoms. The summed E-state index contributed by atoms with van der Waals surface area (Å²) in [5.41, 5.74) is 2.38. The standard InChI is InChI=1S/C13H10N4O4/c18-12-2-1-10(17(20)21)7-11(12)13(19)16-15-8-9-3-5-14-6-4-9/h1-8,18H,(H,16,19)/b15-8+. The van der Waals surface area contributed by atoms with E-state index in [4.69, 9.17) is 0 Å². The molecule has 21 heavy (non-hydrogen) atoms. The fourth-order valence-corrected chi connectivity index (χ4v) is 1.49. The van der Waals surface area contributed by atoms with Gasteiger partial charge in [0.05, 0.1) is 16.7 Å². The van der Waals surface area contributed by atoms with Gasteiger partial charge in [-0.2, -0.15) is 5.10 Å². The number of nitro groups is 1. The molecule has 1 heterocycles. The van der Waals surface area contributed by atoms with E-state index in [0.717, 1.165) is 18.2 Å². The number of phenols is 1. The third-order valence-electron chi connectivity index (χ3n) is 2.52. The van der Waals surface area contributed by atoms with Gasteiger partial charge in [-0.25, -0.2) is 5.43 Å². The topological polar surface area (TPSA) is 118 Å². The zero-order valence-corrected chi connectivity index (χ0v) is 10.6. The maximum atomic E-state index is 11.8. The van der Waals surface area contributed by atoms with Crippen molar-refractivity contribution in [3.05, 3.63) is 64.0 Å². The highest BCUT2D eigenvalue weighted by atomic mass is 16.6. The number of aromatic nitrogens is 1. The summed E-state index contributed by atoms with van der Waals surface area (Å²) in [5, 5.41) is 23.9. The van der Waals surface area contributed by atoms with Crippen molar-refractivity contribution in [2.24, 2.45) is 5.10 Å². The van der Waals surface area contributed by atoms with Gasteiger partial charge in [0, 0.05) is 24.5 Å². The van der Waals surface area contributed by atoms with Crippen LogP contribution < -0.4 is 5.43 Å². The van der Waals surface area contributed by atoms with Gasteiger partial charge in [-0.15, -0.1) is 0 Å². The molecule has 1 amide bonds. The van der Waals surface area contributed by atoms with Crippen molar-refractivity contribution in [2.75, 3.05) is 0 Å². The summed E-state index contributed by atoms with van der Waals surface area (Å²) >= 11 is 0. The molecule has 0 aliphatic rings. The molecule has 2 N–H and O–H groups in total. The lowest BCUT2D eigenvalue weighted by molar-refractivity contribution is -0.384. The molecule has 1 aromatic heterocycles. The summed E-state index contributed by atoms with van der Waals surface area (Å²) in [5.74, 6) is -1.11. The highest BCUT2D eigenvalue weighted by molar-refractivity contribution is 5.97. The quantitative estimate of drug-likeness (QED) is 0.501. The molecule has 0 saturated carbocycles. The van der Waals surface area contributed by atoms with Crippen molar-refractivity contribution in [1.82, 2.24) is 10.4 Å². The molecule has 0 saturated heterocycles. The molecule has 1 aromatic carbocycles. The Morgan fingerprint density at radius 2 is 2.05 bits per heavy atom. The molecule has 0 fully saturated rings. The minimum Gasteiger partial charge on any atom is -0.507 e. The Morgan fingerprint density at radius 3 is 2.71 bits per heavy atom. The van der Waals surface area contributed by atoms with E-state index >= 15 is 0 Å². The molecular weight excluding hydrogens is 276 g/mol. The lowest BCUT2D eigenvalue weighted by atomic mass is 10.1. The van der Waals surface area contributed by atoms with E-state index in [0.29, 0.717) is 5.56 Å². The van der Waals surface area contributed by atoms with Crippen LogP contribution in [0.4, 0.5) is 5.69 Å². The van der Waals surface area contributed by atoms with E-state index in [1.807, 2.05) is 0 Å². The smallest absolute Gasteiger partial charge is 0.275 e. The summed E-state index contributed by atoms with van der Waals surface area (Å²) in [6.45, 7) is 0. The summed E-state index contributed by atoms with van der Waals surface area (Å²) < 4.78 is 0. The van der Waals surface area contributed by atoms with Crippen LogP contribution in [0, 0.1) is 10.1 Å². The number of benzene rings is 1. The van der Waals surface area contributed by atoms with Crippen LogP contribution in [0.1, 0.15) is 15.9 Å². The first-order chi connectivity index (χ1) is 10.1. The summed E-state index contributed by atoms with van der Waals surface area (Å²) in [6, 6.07) is 6.53. The van der Waals surface area contributed by atoms with E-state index in [2.05, 4.69) is 15.5 Å². The Kier molecular flexibility index (Phi) is 4.20. The molecule has 0 unspecified atom stereocenters. The highest BCUT2D eigenvalue weighted by Gasteiger charge is 2.15. The van der Waals surface area contributed by atoms with Crippen molar-refractivity contribution >= 4 is 17.8 Å². The fourth-order valence-electron chi connectivity index (χ4n) is 1.49. The monoisotopic (exact) mass is 286 g/mol. The van der Waals surface area contributed by atoms with Crippen molar-refractivity contribution in [3.8, 4) is 5.75 Å². The number of phenolic OH excluding ortho intramolecular Hbond substituents is 1. The average molecular weight is 286 g/mol. The second kappa shape index (κ2) is 6.24. The number of rotatable bonds is 4. The van der Waals surface area contributed by atoms with Crippen molar-refractivity contribution in [1.29, 1.82) is 0 Å². The number of non-ortho nitro benzene ring substituents is 1. The van der Waals surface area contributed by atoms with Crippen LogP contribution in [0.3, 0.4) is 0 Å². The number of hydrogen-bond acceptors (Lipinski definition) is 6. The normalized spacial score (nSPS) is 10.5. The van der Waals surface area contributed by atoms with Gasteiger partial charge in [0.25, 0.3) is 11.6 Å². The van der Waals surface area contributed by atoms with E-state index < -0.39 is 10.8 Å². The second-order valence-corrected chi connectivity index (χ2v) is 3.94. The van der Waals surface area contributed by atoms with Gasteiger partial charge in [0.15, 0.2) is 0 Å². The van der Waals surface area contributed by atoms with Gasteiger partial charge < -0.3 is 5.11 Å². The van der Waals surface area contributed by atoms with E-state index in [9.17, 15) is 20.0 Å². The molecule has 2 rings (SSSR count). The molecule has 2 aromatic rings. The maximum absolute atomic E-state index is 11.8. The SMILES string of the molecule is O=C(N/N=C/c1ccncc1)c1cc([N+](=O)[O-])ccc1O. The maximum Gasteiger partial charge on any atom is 0.275 e. The number of hydrazone groups is 1. The van der Waals surface area contributed by atoms with Gasteiger partial charge in [0.2, 0.25) is 0 Å². The summed E-state index contributed by atoms with van der Waals surface area (Å²) in [4.78, 5) is 25.6. The van der Waals surface area contributed by atoms with Gasteiger partial charge >= 0.3 is 0 Å². The Hall–Kier alpha value is -3.29. The molecule has 0 atom stereocenters. The molecule has 106 valence electrons. The number of nitrogens with one attached hydrogen (secondary N) is 1. The van der Waals surface area contributed by atoms with Crippen LogP contribution in [-0.4, -0.2) is 27.1 Å². The van der Waals surface area contributed by atoms with E-state index in [-0.39, 0.29) is 17.0 Å². The molecule has 0 aliphatic carbocycles. The van der Waals surface area contributed by atoms with Gasteiger partial charge in [-0.1, -0.05) is 0 Å². The number of hydrogen-bond donors (Lipinski definition) is 2. The van der Waals surface area contributed by atoms with Crippen LogP contribution in [0.2, 0.25) is 0 Å². The minimum absolute atomic E-state index is 0.226. The van der Waals surface area contributed by atoms with Crippen molar-refractivity contribution < 1.29 is 14.8 Å². The zero-order valence-electron chi connectivity index (χ0n) is 10.6. The van der Waals surface area contributed by atoms with Crippen LogP contribution in [0.5, 0.6) is 5.75 Å². The number of carbonyl (C=O) groups is 1. The number of pyridine rings is 1. The number of aromatic hydroxyl groups is 1. The Labute approximate surface area is 118 Å². The average Bonchev–Trinajstić information content (AvgIpc) is 2.48. The molecule has 0 aliphatic heterocycles. The lowest BCUT2D eigenvalue weighted by Gasteiger charge is -2.02. The van der Waals surface area contributed by atoms with Gasteiger partial charge in [-0.3, -0.25) is 19.9 Å². The van der Waals surface area contributed by atoms with Crippen LogP contribution >= 0.6 is 0 Å². The number of nitrogens with zero attached hydrogens (tertiary/aromatic N) is 3. The molecule has 0 spiro atoms. The fraction of sp³-hybridized carbons (Fsp3) is 0. The second-order valence-electron chi connectivity index (χ2n) is 3.94.